The van der Waals surface area contributed by atoms with Crippen LogP contribution in [-0.4, -0.2) is 54.0 Å². The lowest BCUT2D eigenvalue weighted by atomic mass is 10.2. The molecule has 0 amide bonds. The molecule has 1 aliphatic heterocycles. The maximum atomic E-state index is 9.41. The maximum absolute atomic E-state index is 9.41. The highest BCUT2D eigenvalue weighted by Crippen LogP contribution is 2.22. The van der Waals surface area contributed by atoms with Crippen molar-refractivity contribution in [3.8, 4) is 0 Å². The van der Waals surface area contributed by atoms with E-state index in [2.05, 4.69) is 20.2 Å². The minimum atomic E-state index is -0.0261. The summed E-state index contributed by atoms with van der Waals surface area (Å²) < 4.78 is 5.38. The lowest BCUT2D eigenvalue weighted by molar-refractivity contribution is 0.0722. The first kappa shape index (κ1) is 13.0. The van der Waals surface area contributed by atoms with Gasteiger partial charge in [-0.1, -0.05) is 0 Å². The molecule has 6 nitrogen and oxygen atoms in total. The van der Waals surface area contributed by atoms with Gasteiger partial charge in [0.25, 0.3) is 0 Å². The number of aromatic nitrogens is 2. The smallest absolute Gasteiger partial charge is 0.224 e. The van der Waals surface area contributed by atoms with Crippen LogP contribution in [0.2, 0.25) is 0 Å². The Labute approximate surface area is 107 Å². The summed E-state index contributed by atoms with van der Waals surface area (Å²) in [7, 11) is 0. The summed E-state index contributed by atoms with van der Waals surface area (Å²) in [4.78, 5) is 10.9. The molecule has 0 spiro atoms. The first-order valence-corrected chi connectivity index (χ1v) is 6.29. The van der Waals surface area contributed by atoms with Gasteiger partial charge in [0, 0.05) is 24.8 Å². The molecule has 0 radical (unpaired) electrons. The van der Waals surface area contributed by atoms with Crippen molar-refractivity contribution in [3.05, 3.63) is 11.8 Å². The second kappa shape index (κ2) is 5.97. The highest BCUT2D eigenvalue weighted by molar-refractivity contribution is 5.50. The number of morpholine rings is 1. The largest absolute Gasteiger partial charge is 0.394 e. The number of ether oxygens (including phenoxy) is 1. The quantitative estimate of drug-likeness (QED) is 0.809. The van der Waals surface area contributed by atoms with Gasteiger partial charge in [0.15, 0.2) is 0 Å². The van der Waals surface area contributed by atoms with Crippen LogP contribution in [-0.2, 0) is 4.74 Å². The van der Waals surface area contributed by atoms with Gasteiger partial charge in [-0.3, -0.25) is 0 Å². The van der Waals surface area contributed by atoms with Crippen molar-refractivity contribution in [2.45, 2.75) is 19.9 Å². The molecule has 1 aliphatic rings. The Morgan fingerprint density at radius 2 is 2.44 bits per heavy atom. The summed E-state index contributed by atoms with van der Waals surface area (Å²) >= 11 is 0. The number of nitrogens with zero attached hydrogens (tertiary/aromatic N) is 3. The van der Waals surface area contributed by atoms with Crippen LogP contribution in [0.25, 0.3) is 0 Å². The second-order valence-corrected chi connectivity index (χ2v) is 4.34. The van der Waals surface area contributed by atoms with E-state index in [4.69, 9.17) is 4.74 Å². The molecular weight excluding hydrogens is 232 g/mol. The van der Waals surface area contributed by atoms with Crippen molar-refractivity contribution < 1.29 is 9.84 Å². The lowest BCUT2D eigenvalue weighted by Gasteiger charge is -2.36. The van der Waals surface area contributed by atoms with E-state index in [0.29, 0.717) is 19.2 Å². The molecule has 2 N–H and O–H groups in total. The molecule has 1 saturated heterocycles. The first-order valence-electron chi connectivity index (χ1n) is 6.29. The molecule has 0 saturated carbocycles. The molecule has 0 bridgehead atoms. The first-order chi connectivity index (χ1) is 8.76. The molecule has 0 aliphatic carbocycles. The predicted octanol–water partition coefficient (Wildman–Crippen LogP) is 0.414. The zero-order valence-electron chi connectivity index (χ0n) is 10.9. The Hall–Kier alpha value is -1.40. The summed E-state index contributed by atoms with van der Waals surface area (Å²) in [6, 6.07) is -0.0261. The summed E-state index contributed by atoms with van der Waals surface area (Å²) in [5, 5.41) is 12.5. The van der Waals surface area contributed by atoms with Crippen molar-refractivity contribution in [1.29, 1.82) is 0 Å². The Morgan fingerprint density at radius 1 is 1.61 bits per heavy atom. The van der Waals surface area contributed by atoms with E-state index in [-0.39, 0.29) is 12.6 Å². The van der Waals surface area contributed by atoms with Crippen LogP contribution >= 0.6 is 0 Å². The van der Waals surface area contributed by atoms with E-state index in [1.807, 2.05) is 20.0 Å². The van der Waals surface area contributed by atoms with Crippen LogP contribution in [0.4, 0.5) is 11.8 Å². The van der Waals surface area contributed by atoms with Crippen LogP contribution in [0.5, 0.6) is 0 Å². The number of aliphatic hydroxyl groups excluding tert-OH is 1. The summed E-state index contributed by atoms with van der Waals surface area (Å²) in [6.07, 6.45) is 1.81. The third kappa shape index (κ3) is 2.70. The zero-order chi connectivity index (χ0) is 13.0. The van der Waals surface area contributed by atoms with E-state index in [1.54, 1.807) is 0 Å². The van der Waals surface area contributed by atoms with Gasteiger partial charge in [-0.2, -0.15) is 4.98 Å². The number of aryl methyl sites for hydroxylation is 1. The molecule has 2 heterocycles. The van der Waals surface area contributed by atoms with Crippen LogP contribution in [0.1, 0.15) is 12.5 Å². The van der Waals surface area contributed by atoms with Gasteiger partial charge in [0.1, 0.15) is 5.82 Å². The number of hydrogen-bond donors (Lipinski definition) is 2. The maximum Gasteiger partial charge on any atom is 0.224 e. The van der Waals surface area contributed by atoms with Crippen molar-refractivity contribution in [2.24, 2.45) is 0 Å². The van der Waals surface area contributed by atoms with Crippen LogP contribution in [0.15, 0.2) is 6.20 Å². The monoisotopic (exact) mass is 252 g/mol. The van der Waals surface area contributed by atoms with E-state index in [9.17, 15) is 5.11 Å². The minimum Gasteiger partial charge on any atom is -0.394 e. The molecule has 18 heavy (non-hydrogen) atoms. The average Bonchev–Trinajstić information content (AvgIpc) is 2.41. The number of nitrogens with one attached hydrogen (secondary N) is 1. The fraction of sp³-hybridized carbons (Fsp3) is 0.667. The Kier molecular flexibility index (Phi) is 4.33. The third-order valence-electron chi connectivity index (χ3n) is 2.99. The highest BCUT2D eigenvalue weighted by Gasteiger charge is 2.25. The summed E-state index contributed by atoms with van der Waals surface area (Å²) in [5.41, 5.74) is 1.01. The van der Waals surface area contributed by atoms with Crippen LogP contribution in [0, 0.1) is 6.92 Å². The molecule has 1 atom stereocenters. The van der Waals surface area contributed by atoms with E-state index < -0.39 is 0 Å². The topological polar surface area (TPSA) is 70.5 Å². The number of hydrogen-bond acceptors (Lipinski definition) is 6. The fourth-order valence-electron chi connectivity index (χ4n) is 2.05. The van der Waals surface area contributed by atoms with Crippen LogP contribution in [0.3, 0.4) is 0 Å². The number of anilines is 2. The molecule has 1 fully saturated rings. The zero-order valence-corrected chi connectivity index (χ0v) is 10.9. The van der Waals surface area contributed by atoms with Crippen molar-refractivity contribution in [3.63, 3.8) is 0 Å². The molecule has 0 aromatic carbocycles. The Bertz CT molecular complexity index is 400. The number of aliphatic hydroxyl groups is 1. The average molecular weight is 252 g/mol. The van der Waals surface area contributed by atoms with Gasteiger partial charge < -0.3 is 20.1 Å². The second-order valence-electron chi connectivity index (χ2n) is 4.34. The van der Waals surface area contributed by atoms with Gasteiger partial charge in [-0.15, -0.1) is 0 Å². The molecule has 6 heteroatoms. The Morgan fingerprint density at radius 3 is 3.17 bits per heavy atom. The Balaban J connectivity index is 2.26. The molecule has 1 aromatic heterocycles. The molecule has 1 unspecified atom stereocenters. The van der Waals surface area contributed by atoms with Gasteiger partial charge in [0.05, 0.1) is 25.9 Å². The third-order valence-corrected chi connectivity index (χ3v) is 2.99. The SMILES string of the molecule is CCNc1ncc(C)c(N2CCOCC2CO)n1. The van der Waals surface area contributed by atoms with Crippen molar-refractivity contribution >= 4 is 11.8 Å². The standard InChI is InChI=1S/C12H20N4O2/c1-3-13-12-14-6-9(2)11(15-12)16-4-5-18-8-10(16)7-17/h6,10,17H,3-5,7-8H2,1-2H3,(H,13,14,15). The van der Waals surface area contributed by atoms with Gasteiger partial charge in [-0.25, -0.2) is 4.98 Å². The van der Waals surface area contributed by atoms with E-state index >= 15 is 0 Å². The van der Waals surface area contributed by atoms with Crippen LogP contribution < -0.4 is 10.2 Å². The predicted molar refractivity (Wildman–Crippen MR) is 70.0 cm³/mol. The molecule has 1 aromatic rings. The summed E-state index contributed by atoms with van der Waals surface area (Å²) in [5.74, 6) is 1.50. The van der Waals surface area contributed by atoms with E-state index in [1.165, 1.54) is 0 Å². The van der Waals surface area contributed by atoms with Gasteiger partial charge in [0.2, 0.25) is 5.95 Å². The van der Waals surface area contributed by atoms with Gasteiger partial charge >= 0.3 is 0 Å². The molecule has 100 valence electrons. The fourth-order valence-corrected chi connectivity index (χ4v) is 2.05. The molecule has 2 rings (SSSR count). The minimum absolute atomic E-state index is 0.0261. The van der Waals surface area contributed by atoms with Crippen molar-refractivity contribution in [1.82, 2.24) is 9.97 Å². The normalized spacial score (nSPS) is 19.9. The van der Waals surface area contributed by atoms with Gasteiger partial charge in [-0.05, 0) is 13.8 Å². The molecular formula is C12H20N4O2. The van der Waals surface area contributed by atoms with Crippen molar-refractivity contribution in [2.75, 3.05) is 43.1 Å². The lowest BCUT2D eigenvalue weighted by Crippen LogP contribution is -2.48. The summed E-state index contributed by atoms with van der Waals surface area (Å²) in [6.45, 7) is 6.79. The van der Waals surface area contributed by atoms with E-state index in [0.717, 1.165) is 24.5 Å². The number of rotatable bonds is 4. The highest BCUT2D eigenvalue weighted by atomic mass is 16.5.